The van der Waals surface area contributed by atoms with Gasteiger partial charge >= 0.3 is 0 Å². The number of hydrogen-bond donors (Lipinski definition) is 6. The van der Waals surface area contributed by atoms with E-state index in [1.165, 1.54) is 32.4 Å². The third-order valence-corrected chi connectivity index (χ3v) is 5.47. The SMILES string of the molecule is COc1ccc(CCNC(=O)c2c(O)cccc2O[C@@H]2O[C@H](CO)[C@@H](O)[C@H](O)[C@H]2O)cc1OC. The van der Waals surface area contributed by atoms with Gasteiger partial charge in [0.2, 0.25) is 6.29 Å². The standard InChI is InChI=1S/C23H29NO10/c1-31-14-7-6-12(10-16(14)32-2)8-9-24-22(30)18-13(26)4-3-5-15(18)33-23-21(29)20(28)19(27)17(11-25)34-23/h3-7,10,17,19-21,23,25-29H,8-9,11H2,1-2H3,(H,24,30)/t17-,19-,20+,21-,23-/m1/s1. The Hall–Kier alpha value is -3.09. The molecule has 5 atom stereocenters. The number of phenolic OH excluding ortho intramolecular Hbond substituents is 1. The van der Waals surface area contributed by atoms with Crippen LogP contribution < -0.4 is 19.5 Å². The molecule has 2 aromatic carbocycles. The lowest BCUT2D eigenvalue weighted by molar-refractivity contribution is -0.277. The molecule has 34 heavy (non-hydrogen) atoms. The second-order valence-electron chi connectivity index (χ2n) is 7.66. The number of benzene rings is 2. The first-order valence-corrected chi connectivity index (χ1v) is 10.6. The first-order chi connectivity index (χ1) is 16.3. The summed E-state index contributed by atoms with van der Waals surface area (Å²) >= 11 is 0. The number of aromatic hydroxyl groups is 1. The van der Waals surface area contributed by atoms with E-state index in [2.05, 4.69) is 5.32 Å². The van der Waals surface area contributed by atoms with Crippen LogP contribution in [-0.2, 0) is 11.2 Å². The summed E-state index contributed by atoms with van der Waals surface area (Å²) in [6, 6.07) is 9.48. The summed E-state index contributed by atoms with van der Waals surface area (Å²) in [4.78, 5) is 12.8. The summed E-state index contributed by atoms with van der Waals surface area (Å²) in [6.45, 7) is -0.406. The molecule has 0 unspecified atom stereocenters. The molecule has 0 saturated carbocycles. The largest absolute Gasteiger partial charge is 0.507 e. The Morgan fingerprint density at radius 3 is 2.41 bits per heavy atom. The summed E-state index contributed by atoms with van der Waals surface area (Å²) in [5.41, 5.74) is 0.680. The van der Waals surface area contributed by atoms with Gasteiger partial charge in [0.1, 0.15) is 41.5 Å². The second kappa shape index (κ2) is 11.4. The van der Waals surface area contributed by atoms with Crippen molar-refractivity contribution >= 4 is 5.91 Å². The predicted octanol–water partition coefficient (Wildman–Crippen LogP) is -0.439. The average molecular weight is 479 g/mol. The normalized spacial score (nSPS) is 24.4. The van der Waals surface area contributed by atoms with E-state index < -0.39 is 43.2 Å². The number of nitrogens with one attached hydrogen (secondary N) is 1. The fraction of sp³-hybridized carbons (Fsp3) is 0.435. The molecule has 2 aromatic rings. The van der Waals surface area contributed by atoms with Gasteiger partial charge in [-0.25, -0.2) is 0 Å². The van der Waals surface area contributed by atoms with Crippen LogP contribution in [0, 0.1) is 0 Å². The average Bonchev–Trinajstić information content (AvgIpc) is 2.84. The fourth-order valence-electron chi connectivity index (χ4n) is 3.58. The smallest absolute Gasteiger partial charge is 0.258 e. The highest BCUT2D eigenvalue weighted by atomic mass is 16.7. The first-order valence-electron chi connectivity index (χ1n) is 10.6. The van der Waals surface area contributed by atoms with Crippen molar-refractivity contribution in [3.63, 3.8) is 0 Å². The van der Waals surface area contributed by atoms with Crippen molar-refractivity contribution in [3.05, 3.63) is 47.5 Å². The fourth-order valence-corrected chi connectivity index (χ4v) is 3.58. The van der Waals surface area contributed by atoms with Crippen molar-refractivity contribution in [1.82, 2.24) is 5.32 Å². The summed E-state index contributed by atoms with van der Waals surface area (Å²) in [5, 5.41) is 52.4. The van der Waals surface area contributed by atoms with Gasteiger partial charge in [0, 0.05) is 6.54 Å². The van der Waals surface area contributed by atoms with Crippen molar-refractivity contribution in [2.45, 2.75) is 37.1 Å². The lowest BCUT2D eigenvalue weighted by Crippen LogP contribution is -2.60. The molecular formula is C23H29NO10. The Morgan fingerprint density at radius 1 is 1.00 bits per heavy atom. The van der Waals surface area contributed by atoms with Gasteiger partial charge in [-0.15, -0.1) is 0 Å². The minimum Gasteiger partial charge on any atom is -0.507 e. The highest BCUT2D eigenvalue weighted by molar-refractivity contribution is 5.99. The summed E-state index contributed by atoms with van der Waals surface area (Å²) in [6.07, 6.45) is -7.09. The minimum absolute atomic E-state index is 0.118. The molecule has 11 heteroatoms. The molecule has 11 nitrogen and oxygen atoms in total. The van der Waals surface area contributed by atoms with Gasteiger partial charge in [-0.3, -0.25) is 4.79 Å². The molecule has 0 radical (unpaired) electrons. The summed E-state index contributed by atoms with van der Waals surface area (Å²) in [7, 11) is 3.06. The minimum atomic E-state index is -1.67. The zero-order valence-electron chi connectivity index (χ0n) is 18.7. The highest BCUT2D eigenvalue weighted by Gasteiger charge is 2.45. The lowest BCUT2D eigenvalue weighted by Gasteiger charge is -2.39. The molecule has 0 aromatic heterocycles. The number of ether oxygens (including phenoxy) is 4. The maximum atomic E-state index is 12.8. The van der Waals surface area contributed by atoms with Crippen LogP contribution in [0.4, 0.5) is 0 Å². The third-order valence-electron chi connectivity index (χ3n) is 5.47. The molecule has 1 amide bonds. The van der Waals surface area contributed by atoms with E-state index in [0.717, 1.165) is 5.56 Å². The summed E-state index contributed by atoms with van der Waals surface area (Å²) in [5.74, 6) is 0.0125. The molecule has 1 fully saturated rings. The van der Waals surface area contributed by atoms with Gasteiger partial charge < -0.3 is 49.8 Å². The second-order valence-corrected chi connectivity index (χ2v) is 7.66. The Balaban J connectivity index is 1.70. The maximum absolute atomic E-state index is 12.8. The van der Waals surface area contributed by atoms with Crippen molar-refractivity contribution in [1.29, 1.82) is 0 Å². The molecule has 6 N–H and O–H groups in total. The van der Waals surface area contributed by atoms with Gasteiger partial charge in [0.05, 0.1) is 20.8 Å². The zero-order valence-corrected chi connectivity index (χ0v) is 18.7. The van der Waals surface area contributed by atoms with Gasteiger partial charge in [0.25, 0.3) is 5.91 Å². The number of amides is 1. The van der Waals surface area contributed by atoms with Gasteiger partial charge in [-0.2, -0.15) is 0 Å². The Morgan fingerprint density at radius 2 is 1.74 bits per heavy atom. The van der Waals surface area contributed by atoms with Crippen LogP contribution in [0.2, 0.25) is 0 Å². The van der Waals surface area contributed by atoms with Crippen LogP contribution in [0.1, 0.15) is 15.9 Å². The third kappa shape index (κ3) is 5.51. The number of rotatable bonds is 9. The van der Waals surface area contributed by atoms with Crippen LogP contribution >= 0.6 is 0 Å². The van der Waals surface area contributed by atoms with E-state index in [1.807, 2.05) is 6.07 Å². The molecule has 1 heterocycles. The van der Waals surface area contributed by atoms with E-state index in [4.69, 9.17) is 18.9 Å². The van der Waals surface area contributed by atoms with Crippen LogP contribution in [-0.4, -0.2) is 89.5 Å². The number of carbonyl (C=O) groups is 1. The lowest BCUT2D eigenvalue weighted by atomic mass is 9.99. The van der Waals surface area contributed by atoms with Gasteiger partial charge in [-0.1, -0.05) is 12.1 Å². The van der Waals surface area contributed by atoms with E-state index in [1.54, 1.807) is 12.1 Å². The highest BCUT2D eigenvalue weighted by Crippen LogP contribution is 2.31. The first kappa shape index (κ1) is 25.5. The topological polar surface area (TPSA) is 167 Å². The predicted molar refractivity (Wildman–Crippen MR) is 118 cm³/mol. The van der Waals surface area contributed by atoms with Crippen molar-refractivity contribution < 1.29 is 49.3 Å². The number of phenols is 1. The number of hydrogen-bond acceptors (Lipinski definition) is 10. The molecule has 186 valence electrons. The van der Waals surface area contributed by atoms with Crippen LogP contribution in [0.25, 0.3) is 0 Å². The van der Waals surface area contributed by atoms with E-state index in [0.29, 0.717) is 17.9 Å². The van der Waals surface area contributed by atoms with Crippen LogP contribution in [0.5, 0.6) is 23.0 Å². The van der Waals surface area contributed by atoms with E-state index in [9.17, 15) is 30.3 Å². The molecule has 3 rings (SSSR count). The van der Waals surface area contributed by atoms with E-state index in [-0.39, 0.29) is 23.6 Å². The Labute approximate surface area is 196 Å². The number of aliphatic hydroxyl groups is 4. The molecule has 0 spiro atoms. The van der Waals surface area contributed by atoms with Gasteiger partial charge in [-0.05, 0) is 36.2 Å². The number of methoxy groups -OCH3 is 2. The molecule has 1 saturated heterocycles. The monoisotopic (exact) mass is 479 g/mol. The molecule has 1 aliphatic rings. The van der Waals surface area contributed by atoms with Crippen molar-refractivity contribution in [2.75, 3.05) is 27.4 Å². The Bertz CT molecular complexity index is 982. The van der Waals surface area contributed by atoms with Crippen molar-refractivity contribution in [2.24, 2.45) is 0 Å². The summed E-state index contributed by atoms with van der Waals surface area (Å²) < 4.78 is 21.4. The number of aliphatic hydroxyl groups excluding tert-OH is 4. The van der Waals surface area contributed by atoms with Crippen LogP contribution in [0.15, 0.2) is 36.4 Å². The quantitative estimate of drug-likeness (QED) is 0.277. The molecule has 0 aliphatic carbocycles. The van der Waals surface area contributed by atoms with E-state index >= 15 is 0 Å². The molecule has 1 aliphatic heterocycles. The van der Waals surface area contributed by atoms with Crippen molar-refractivity contribution in [3.8, 4) is 23.0 Å². The Kier molecular flexibility index (Phi) is 8.53. The number of carbonyl (C=O) groups excluding carboxylic acids is 1. The molecular weight excluding hydrogens is 450 g/mol. The van der Waals surface area contributed by atoms with Gasteiger partial charge in [0.15, 0.2) is 11.5 Å². The van der Waals surface area contributed by atoms with Crippen LogP contribution in [0.3, 0.4) is 0 Å². The maximum Gasteiger partial charge on any atom is 0.258 e. The zero-order chi connectivity index (χ0) is 24.8. The molecule has 0 bridgehead atoms.